The highest BCUT2D eigenvalue weighted by molar-refractivity contribution is 6.06. The molecule has 1 amide bonds. The Hall–Kier alpha value is -3.15. The fourth-order valence-electron chi connectivity index (χ4n) is 5.33. The van der Waals surface area contributed by atoms with E-state index < -0.39 is 0 Å². The Morgan fingerprint density at radius 3 is 2.29 bits per heavy atom. The van der Waals surface area contributed by atoms with E-state index in [4.69, 9.17) is 5.73 Å². The minimum atomic E-state index is -0.144. The van der Waals surface area contributed by atoms with E-state index in [-0.39, 0.29) is 5.91 Å². The van der Waals surface area contributed by atoms with Crippen LogP contribution in [0, 0.1) is 5.41 Å². The quantitative estimate of drug-likeness (QED) is 0.466. The molecule has 5 rings (SSSR count). The van der Waals surface area contributed by atoms with Crippen LogP contribution < -0.4 is 16.4 Å². The lowest BCUT2D eigenvalue weighted by molar-refractivity contribution is 0.0701. The first-order valence-electron chi connectivity index (χ1n) is 12.4. The normalized spacial score (nSPS) is 18.0. The lowest BCUT2D eigenvalue weighted by atomic mass is 9.71. The third-order valence-corrected chi connectivity index (χ3v) is 7.61. The molecule has 0 atom stereocenters. The Labute approximate surface area is 202 Å². The molecule has 0 aliphatic carbocycles. The van der Waals surface area contributed by atoms with Crippen LogP contribution in [0.4, 0.5) is 11.4 Å². The molecule has 2 heterocycles. The lowest BCUT2D eigenvalue weighted by Crippen LogP contribution is -2.45. The number of piperidine rings is 2. The van der Waals surface area contributed by atoms with E-state index in [1.54, 1.807) is 0 Å². The molecule has 0 saturated carbocycles. The molecule has 0 aromatic heterocycles. The van der Waals surface area contributed by atoms with Crippen LogP contribution in [0.2, 0.25) is 0 Å². The zero-order valence-electron chi connectivity index (χ0n) is 19.7. The lowest BCUT2D eigenvalue weighted by Gasteiger charge is -2.44. The van der Waals surface area contributed by atoms with Crippen LogP contribution in [0.3, 0.4) is 0 Å². The number of nitrogens with zero attached hydrogens (tertiary/aromatic N) is 1. The van der Waals surface area contributed by atoms with Crippen molar-refractivity contribution in [2.45, 2.75) is 32.2 Å². The van der Waals surface area contributed by atoms with Gasteiger partial charge in [-0.3, -0.25) is 9.69 Å². The highest BCUT2D eigenvalue weighted by Crippen LogP contribution is 2.39. The minimum Gasteiger partial charge on any atom is -0.397 e. The fourth-order valence-corrected chi connectivity index (χ4v) is 5.33. The fraction of sp³-hybridized carbons (Fsp3) is 0.345. The van der Waals surface area contributed by atoms with Crippen molar-refractivity contribution in [1.29, 1.82) is 0 Å². The molecular formula is C29H34N4O. The summed E-state index contributed by atoms with van der Waals surface area (Å²) >= 11 is 0. The van der Waals surface area contributed by atoms with Crippen molar-refractivity contribution in [3.63, 3.8) is 0 Å². The Kier molecular flexibility index (Phi) is 6.66. The predicted octanol–water partition coefficient (Wildman–Crippen LogP) is 5.15. The second-order valence-electron chi connectivity index (χ2n) is 9.85. The molecule has 2 aliphatic heterocycles. The van der Waals surface area contributed by atoms with Crippen LogP contribution in [0.25, 0.3) is 11.1 Å². The maximum atomic E-state index is 12.9. The second kappa shape index (κ2) is 10.00. The Bertz CT molecular complexity index is 1110. The van der Waals surface area contributed by atoms with Crippen LogP contribution in [-0.2, 0) is 6.54 Å². The number of nitrogens with two attached hydrogens (primary N) is 1. The van der Waals surface area contributed by atoms with Crippen LogP contribution in [-0.4, -0.2) is 37.0 Å². The van der Waals surface area contributed by atoms with Gasteiger partial charge in [-0.1, -0.05) is 48.5 Å². The number of rotatable bonds is 5. The van der Waals surface area contributed by atoms with Gasteiger partial charge in [0.15, 0.2) is 0 Å². The molecule has 2 saturated heterocycles. The second-order valence-corrected chi connectivity index (χ2v) is 9.85. The van der Waals surface area contributed by atoms with Gasteiger partial charge in [-0.05, 0) is 98.2 Å². The molecule has 34 heavy (non-hydrogen) atoms. The number of hydrogen-bond donors (Lipinski definition) is 3. The zero-order chi connectivity index (χ0) is 23.4. The largest absolute Gasteiger partial charge is 0.397 e. The van der Waals surface area contributed by atoms with Crippen LogP contribution >= 0.6 is 0 Å². The van der Waals surface area contributed by atoms with Gasteiger partial charge in [0.25, 0.3) is 5.91 Å². The average Bonchev–Trinajstić information content (AvgIpc) is 2.88. The number of amides is 1. The number of hydrogen-bond acceptors (Lipinski definition) is 4. The molecule has 2 fully saturated rings. The highest BCUT2D eigenvalue weighted by atomic mass is 16.1. The Balaban J connectivity index is 1.19. The van der Waals surface area contributed by atoms with Crippen molar-refractivity contribution in [3.05, 3.63) is 83.9 Å². The van der Waals surface area contributed by atoms with E-state index in [1.165, 1.54) is 57.4 Å². The number of anilines is 2. The average molecular weight is 455 g/mol. The maximum absolute atomic E-state index is 12.9. The number of carbonyl (C=O) groups excluding carboxylic acids is 1. The summed E-state index contributed by atoms with van der Waals surface area (Å²) in [6, 6.07) is 23.8. The molecule has 3 aromatic rings. The molecule has 5 nitrogen and oxygen atoms in total. The molecule has 176 valence electrons. The van der Waals surface area contributed by atoms with E-state index in [9.17, 15) is 4.79 Å². The van der Waals surface area contributed by atoms with Gasteiger partial charge in [0.05, 0.1) is 11.4 Å². The molecule has 0 radical (unpaired) electrons. The van der Waals surface area contributed by atoms with Gasteiger partial charge in [-0.2, -0.15) is 0 Å². The summed E-state index contributed by atoms with van der Waals surface area (Å²) in [7, 11) is 0. The maximum Gasteiger partial charge on any atom is 0.255 e. The number of nitrogen functional groups attached to an aromatic ring is 1. The molecule has 5 heteroatoms. The van der Waals surface area contributed by atoms with Crippen molar-refractivity contribution in [2.24, 2.45) is 5.41 Å². The Morgan fingerprint density at radius 2 is 1.59 bits per heavy atom. The molecule has 0 unspecified atom stereocenters. The SMILES string of the molecule is Nc1ccc(-c2ccccc2)cc1NC(=O)c1ccc(CN2CCC3(CCNCC3)CC2)cc1. The van der Waals surface area contributed by atoms with E-state index in [0.717, 1.165) is 17.7 Å². The van der Waals surface area contributed by atoms with Crippen molar-refractivity contribution >= 4 is 17.3 Å². The first kappa shape index (κ1) is 22.6. The minimum absolute atomic E-state index is 0.144. The van der Waals surface area contributed by atoms with Crippen molar-refractivity contribution in [3.8, 4) is 11.1 Å². The first-order valence-corrected chi connectivity index (χ1v) is 12.4. The summed E-state index contributed by atoms with van der Waals surface area (Å²) in [5.74, 6) is -0.144. The molecular weight excluding hydrogens is 420 g/mol. The topological polar surface area (TPSA) is 70.4 Å². The predicted molar refractivity (Wildman–Crippen MR) is 140 cm³/mol. The number of carbonyl (C=O) groups is 1. The van der Waals surface area contributed by atoms with Crippen LogP contribution in [0.5, 0.6) is 0 Å². The Morgan fingerprint density at radius 1 is 0.882 bits per heavy atom. The molecule has 1 spiro atoms. The zero-order valence-corrected chi connectivity index (χ0v) is 19.7. The smallest absolute Gasteiger partial charge is 0.255 e. The van der Waals surface area contributed by atoms with E-state index >= 15 is 0 Å². The third-order valence-electron chi connectivity index (χ3n) is 7.61. The van der Waals surface area contributed by atoms with Crippen LogP contribution in [0.15, 0.2) is 72.8 Å². The molecule has 0 bridgehead atoms. The van der Waals surface area contributed by atoms with Crippen LogP contribution in [0.1, 0.15) is 41.6 Å². The number of likely N-dealkylation sites (tertiary alicyclic amines) is 1. The summed E-state index contributed by atoms with van der Waals surface area (Å²) in [6.07, 6.45) is 5.25. The highest BCUT2D eigenvalue weighted by Gasteiger charge is 2.35. The van der Waals surface area contributed by atoms with Crippen molar-refractivity contribution in [1.82, 2.24) is 10.2 Å². The van der Waals surface area contributed by atoms with Crippen molar-refractivity contribution in [2.75, 3.05) is 37.2 Å². The number of benzene rings is 3. The summed E-state index contributed by atoms with van der Waals surface area (Å²) in [6.45, 7) is 5.62. The standard InChI is InChI=1S/C29H34N4O/c30-26-11-10-25(23-4-2-1-3-5-23)20-27(26)32-28(34)24-8-6-22(7-9-24)21-33-18-14-29(15-19-33)12-16-31-17-13-29/h1-11,20,31H,12-19,21,30H2,(H,32,34). The van der Waals surface area contributed by atoms with E-state index in [0.29, 0.717) is 22.4 Å². The number of nitrogens with one attached hydrogen (secondary N) is 2. The first-order chi connectivity index (χ1) is 16.6. The van der Waals surface area contributed by atoms with Gasteiger partial charge in [0.2, 0.25) is 0 Å². The van der Waals surface area contributed by atoms with Gasteiger partial charge < -0.3 is 16.4 Å². The van der Waals surface area contributed by atoms with E-state index in [2.05, 4.69) is 27.7 Å². The third kappa shape index (κ3) is 5.16. The molecule has 2 aliphatic rings. The summed E-state index contributed by atoms with van der Waals surface area (Å²) in [4.78, 5) is 15.5. The molecule has 3 aromatic carbocycles. The summed E-state index contributed by atoms with van der Waals surface area (Å²) in [5.41, 5.74) is 11.9. The van der Waals surface area contributed by atoms with Gasteiger partial charge in [0.1, 0.15) is 0 Å². The molecule has 4 N–H and O–H groups in total. The van der Waals surface area contributed by atoms with Gasteiger partial charge in [-0.25, -0.2) is 0 Å². The van der Waals surface area contributed by atoms with Gasteiger partial charge in [0, 0.05) is 12.1 Å². The van der Waals surface area contributed by atoms with Crippen molar-refractivity contribution < 1.29 is 4.79 Å². The van der Waals surface area contributed by atoms with Gasteiger partial charge in [-0.15, -0.1) is 0 Å². The van der Waals surface area contributed by atoms with Gasteiger partial charge >= 0.3 is 0 Å². The summed E-state index contributed by atoms with van der Waals surface area (Å²) in [5, 5.41) is 6.49. The summed E-state index contributed by atoms with van der Waals surface area (Å²) < 4.78 is 0. The monoisotopic (exact) mass is 454 g/mol. The van der Waals surface area contributed by atoms with E-state index in [1.807, 2.05) is 60.7 Å².